The van der Waals surface area contributed by atoms with Crippen LogP contribution in [-0.4, -0.2) is 12.7 Å². The Hall–Kier alpha value is -0.560. The smallest absolute Gasteiger partial charge is 0.0651 e. The molecule has 0 amide bonds. The molecule has 0 aromatic heterocycles. The highest BCUT2D eigenvalue weighted by molar-refractivity contribution is 4.83. The Morgan fingerprint density at radius 2 is 1.87 bits per heavy atom. The largest absolute Gasteiger partial charge is 0.374 e. The molecule has 0 aliphatic heterocycles. The van der Waals surface area contributed by atoms with E-state index in [0.717, 1.165) is 19.4 Å². The van der Waals surface area contributed by atoms with E-state index in [1.807, 2.05) is 6.08 Å². The zero-order valence-corrected chi connectivity index (χ0v) is 9.79. The Balaban J connectivity index is 1.92. The third-order valence-electron chi connectivity index (χ3n) is 2.93. The zero-order valence-electron chi connectivity index (χ0n) is 9.79. The van der Waals surface area contributed by atoms with Gasteiger partial charge in [-0.25, -0.2) is 0 Å². The lowest BCUT2D eigenvalue weighted by atomic mass is 9.98. The molecule has 0 N–H and O–H groups in total. The molecule has 1 aliphatic rings. The molecule has 0 saturated heterocycles. The van der Waals surface area contributed by atoms with Crippen LogP contribution >= 0.6 is 0 Å². The first-order chi connectivity index (χ1) is 7.43. The maximum Gasteiger partial charge on any atom is 0.0651 e. The molecule has 0 heterocycles. The third kappa shape index (κ3) is 6.51. The lowest BCUT2D eigenvalue weighted by Gasteiger charge is -2.21. The fraction of sp³-hybridized carbons (Fsp3) is 0.714. The van der Waals surface area contributed by atoms with E-state index in [1.165, 1.54) is 38.5 Å². The van der Waals surface area contributed by atoms with Crippen molar-refractivity contribution < 1.29 is 4.74 Å². The molecular formula is C14H24O. The SMILES string of the molecule is C=CCCCC=CCOC1CCCCC1. The van der Waals surface area contributed by atoms with Crippen molar-refractivity contribution in [3.8, 4) is 0 Å². The number of hydrogen-bond donors (Lipinski definition) is 0. The monoisotopic (exact) mass is 208 g/mol. The predicted octanol–water partition coefficient (Wildman–Crippen LogP) is 4.25. The minimum Gasteiger partial charge on any atom is -0.374 e. The molecule has 86 valence electrons. The van der Waals surface area contributed by atoms with Crippen molar-refractivity contribution in [3.05, 3.63) is 24.8 Å². The van der Waals surface area contributed by atoms with Gasteiger partial charge in [0.05, 0.1) is 12.7 Å². The average molecular weight is 208 g/mol. The Morgan fingerprint density at radius 3 is 2.60 bits per heavy atom. The van der Waals surface area contributed by atoms with Gasteiger partial charge in [-0.3, -0.25) is 0 Å². The van der Waals surface area contributed by atoms with E-state index in [1.54, 1.807) is 0 Å². The summed E-state index contributed by atoms with van der Waals surface area (Å²) in [5, 5.41) is 0. The lowest BCUT2D eigenvalue weighted by Crippen LogP contribution is -2.16. The highest BCUT2D eigenvalue weighted by atomic mass is 16.5. The van der Waals surface area contributed by atoms with E-state index in [-0.39, 0.29) is 0 Å². The minimum atomic E-state index is 0.538. The van der Waals surface area contributed by atoms with Crippen LogP contribution in [0, 0.1) is 0 Å². The third-order valence-corrected chi connectivity index (χ3v) is 2.93. The van der Waals surface area contributed by atoms with Crippen molar-refractivity contribution in [1.82, 2.24) is 0 Å². The molecule has 0 unspecified atom stereocenters. The number of hydrogen-bond acceptors (Lipinski definition) is 1. The Kier molecular flexibility index (Phi) is 7.28. The molecule has 1 nitrogen and oxygen atoms in total. The van der Waals surface area contributed by atoms with Gasteiger partial charge in [-0.1, -0.05) is 37.5 Å². The van der Waals surface area contributed by atoms with Crippen molar-refractivity contribution in [1.29, 1.82) is 0 Å². The van der Waals surface area contributed by atoms with Crippen LogP contribution in [0.3, 0.4) is 0 Å². The number of ether oxygens (including phenoxy) is 1. The van der Waals surface area contributed by atoms with Crippen LogP contribution in [0.15, 0.2) is 24.8 Å². The Morgan fingerprint density at radius 1 is 1.07 bits per heavy atom. The molecule has 15 heavy (non-hydrogen) atoms. The summed E-state index contributed by atoms with van der Waals surface area (Å²) in [5.41, 5.74) is 0. The fourth-order valence-corrected chi connectivity index (χ4v) is 1.99. The van der Waals surface area contributed by atoms with Gasteiger partial charge in [0.15, 0.2) is 0 Å². The van der Waals surface area contributed by atoms with Crippen LogP contribution in [0.1, 0.15) is 51.4 Å². The minimum absolute atomic E-state index is 0.538. The molecule has 0 spiro atoms. The van der Waals surface area contributed by atoms with Gasteiger partial charge in [-0.15, -0.1) is 6.58 Å². The molecule has 0 bridgehead atoms. The van der Waals surface area contributed by atoms with Gasteiger partial charge in [0.2, 0.25) is 0 Å². The van der Waals surface area contributed by atoms with Gasteiger partial charge in [-0.2, -0.15) is 0 Å². The van der Waals surface area contributed by atoms with Crippen LogP contribution in [0.4, 0.5) is 0 Å². The Labute approximate surface area is 94.2 Å². The maximum atomic E-state index is 5.78. The highest BCUT2D eigenvalue weighted by Crippen LogP contribution is 2.19. The molecule has 0 aromatic carbocycles. The van der Waals surface area contributed by atoms with Gasteiger partial charge < -0.3 is 4.74 Å². The molecule has 1 fully saturated rings. The standard InChI is InChI=1S/C14H24O/c1-2-3-4-5-6-10-13-15-14-11-8-7-9-12-14/h2,6,10,14H,1,3-5,7-9,11-13H2. The number of allylic oxidation sites excluding steroid dienone is 2. The van der Waals surface area contributed by atoms with Crippen molar-refractivity contribution in [2.24, 2.45) is 0 Å². The van der Waals surface area contributed by atoms with E-state index in [4.69, 9.17) is 4.74 Å². The quantitative estimate of drug-likeness (QED) is 0.449. The second-order valence-corrected chi connectivity index (χ2v) is 4.28. The molecule has 0 atom stereocenters. The summed E-state index contributed by atoms with van der Waals surface area (Å²) in [5.74, 6) is 0. The van der Waals surface area contributed by atoms with E-state index in [0.29, 0.717) is 6.10 Å². The molecular weight excluding hydrogens is 184 g/mol. The molecule has 1 heteroatoms. The fourth-order valence-electron chi connectivity index (χ4n) is 1.99. The second kappa shape index (κ2) is 8.72. The van der Waals surface area contributed by atoms with Crippen LogP contribution in [0.25, 0.3) is 0 Å². The van der Waals surface area contributed by atoms with E-state index in [2.05, 4.69) is 18.7 Å². The summed E-state index contributed by atoms with van der Waals surface area (Å²) in [7, 11) is 0. The first-order valence-electron chi connectivity index (χ1n) is 6.31. The van der Waals surface area contributed by atoms with Gasteiger partial charge in [0.25, 0.3) is 0 Å². The molecule has 0 aromatic rings. The second-order valence-electron chi connectivity index (χ2n) is 4.28. The van der Waals surface area contributed by atoms with Gasteiger partial charge in [0, 0.05) is 0 Å². The first kappa shape index (κ1) is 12.5. The Bertz CT molecular complexity index is 178. The molecule has 1 rings (SSSR count). The summed E-state index contributed by atoms with van der Waals surface area (Å²) in [4.78, 5) is 0. The zero-order chi connectivity index (χ0) is 10.8. The van der Waals surface area contributed by atoms with Crippen molar-refractivity contribution >= 4 is 0 Å². The van der Waals surface area contributed by atoms with Gasteiger partial charge in [0.1, 0.15) is 0 Å². The normalized spacial score (nSPS) is 18.4. The molecule has 1 aliphatic carbocycles. The van der Waals surface area contributed by atoms with Crippen molar-refractivity contribution in [2.45, 2.75) is 57.5 Å². The van der Waals surface area contributed by atoms with Crippen LogP contribution < -0.4 is 0 Å². The maximum absolute atomic E-state index is 5.78. The summed E-state index contributed by atoms with van der Waals surface area (Å²) in [6.45, 7) is 4.51. The highest BCUT2D eigenvalue weighted by Gasteiger charge is 2.12. The summed E-state index contributed by atoms with van der Waals surface area (Å²) < 4.78 is 5.78. The summed E-state index contributed by atoms with van der Waals surface area (Å²) in [6.07, 6.45) is 17.0. The lowest BCUT2D eigenvalue weighted by molar-refractivity contribution is 0.0465. The van der Waals surface area contributed by atoms with Crippen LogP contribution in [0.2, 0.25) is 0 Å². The van der Waals surface area contributed by atoms with Crippen molar-refractivity contribution in [3.63, 3.8) is 0 Å². The average Bonchev–Trinajstić information content (AvgIpc) is 2.29. The van der Waals surface area contributed by atoms with Crippen molar-refractivity contribution in [2.75, 3.05) is 6.61 Å². The van der Waals surface area contributed by atoms with Gasteiger partial charge >= 0.3 is 0 Å². The van der Waals surface area contributed by atoms with E-state index < -0.39 is 0 Å². The topological polar surface area (TPSA) is 9.23 Å². The molecule has 1 saturated carbocycles. The van der Waals surface area contributed by atoms with Gasteiger partial charge in [-0.05, 0) is 32.1 Å². The first-order valence-corrected chi connectivity index (χ1v) is 6.31. The van der Waals surface area contributed by atoms with E-state index >= 15 is 0 Å². The molecule has 0 radical (unpaired) electrons. The predicted molar refractivity (Wildman–Crippen MR) is 66.0 cm³/mol. The van der Waals surface area contributed by atoms with Crippen LogP contribution in [-0.2, 0) is 4.74 Å². The van der Waals surface area contributed by atoms with Crippen LogP contribution in [0.5, 0.6) is 0 Å². The summed E-state index contributed by atoms with van der Waals surface area (Å²) in [6, 6.07) is 0. The summed E-state index contributed by atoms with van der Waals surface area (Å²) >= 11 is 0. The van der Waals surface area contributed by atoms with E-state index in [9.17, 15) is 0 Å². The number of unbranched alkanes of at least 4 members (excludes halogenated alkanes) is 2. The number of rotatable bonds is 7.